The average molecular weight is 300 g/mol. The number of ether oxygens (including phenoxy) is 1. The molecule has 0 radical (unpaired) electrons. The third-order valence-electron chi connectivity index (χ3n) is 4.36. The minimum atomic E-state index is -4.27. The lowest BCUT2D eigenvalue weighted by molar-refractivity contribution is -0.137. The fraction of sp³-hybridized carbons (Fsp3) is 0.647. The number of hydrogen-bond acceptors (Lipinski definition) is 1. The van der Waals surface area contributed by atoms with Crippen LogP contribution in [0, 0.1) is 11.8 Å². The van der Waals surface area contributed by atoms with Gasteiger partial charge in [0.1, 0.15) is 0 Å². The van der Waals surface area contributed by atoms with Crippen LogP contribution >= 0.6 is 0 Å². The van der Waals surface area contributed by atoms with Crippen LogP contribution < -0.4 is 0 Å². The first-order valence-electron chi connectivity index (χ1n) is 7.69. The minimum Gasteiger partial charge on any atom is -0.377 e. The third kappa shape index (κ3) is 5.34. The van der Waals surface area contributed by atoms with Crippen molar-refractivity contribution in [1.82, 2.24) is 0 Å². The summed E-state index contributed by atoms with van der Waals surface area (Å²) in [5.41, 5.74) is 0.183. The van der Waals surface area contributed by atoms with Crippen molar-refractivity contribution >= 4 is 0 Å². The molecule has 2 rings (SSSR count). The second kappa shape index (κ2) is 7.30. The van der Waals surface area contributed by atoms with Gasteiger partial charge in [0, 0.05) is 6.61 Å². The van der Waals surface area contributed by atoms with Crippen molar-refractivity contribution in [2.24, 2.45) is 11.8 Å². The maximum atomic E-state index is 12.4. The van der Waals surface area contributed by atoms with Gasteiger partial charge in [-0.05, 0) is 36.0 Å². The number of rotatable bonds is 5. The molecular formula is C17H23F3O. The highest BCUT2D eigenvalue weighted by molar-refractivity contribution is 5.24. The van der Waals surface area contributed by atoms with Gasteiger partial charge in [-0.15, -0.1) is 0 Å². The largest absolute Gasteiger partial charge is 0.416 e. The highest BCUT2D eigenvalue weighted by Gasteiger charge is 2.29. The van der Waals surface area contributed by atoms with Gasteiger partial charge in [-0.1, -0.05) is 44.7 Å². The average Bonchev–Trinajstić information content (AvgIpc) is 2.45. The van der Waals surface area contributed by atoms with Crippen LogP contribution in [-0.4, -0.2) is 6.61 Å². The van der Waals surface area contributed by atoms with Crippen molar-refractivity contribution in [3.8, 4) is 0 Å². The van der Waals surface area contributed by atoms with Gasteiger partial charge in [-0.25, -0.2) is 0 Å². The zero-order valence-corrected chi connectivity index (χ0v) is 12.5. The monoisotopic (exact) mass is 300 g/mol. The normalized spacial score (nSPS) is 23.2. The van der Waals surface area contributed by atoms with E-state index < -0.39 is 11.7 Å². The van der Waals surface area contributed by atoms with Gasteiger partial charge in [0.15, 0.2) is 0 Å². The molecule has 0 bridgehead atoms. The summed E-state index contributed by atoms with van der Waals surface area (Å²) in [7, 11) is 0. The SMILES string of the molecule is CC1CCC(CCOCc2ccc(C(F)(F)F)cc2)CC1. The molecule has 0 aliphatic heterocycles. The van der Waals surface area contributed by atoms with Crippen LogP contribution in [0.2, 0.25) is 0 Å². The third-order valence-corrected chi connectivity index (χ3v) is 4.36. The first-order valence-corrected chi connectivity index (χ1v) is 7.69. The van der Waals surface area contributed by atoms with E-state index in [-0.39, 0.29) is 0 Å². The Morgan fingerprint density at radius 1 is 1.05 bits per heavy atom. The van der Waals surface area contributed by atoms with E-state index in [1.165, 1.54) is 37.8 Å². The van der Waals surface area contributed by atoms with Crippen LogP contribution in [0.4, 0.5) is 13.2 Å². The van der Waals surface area contributed by atoms with Crippen LogP contribution in [0.15, 0.2) is 24.3 Å². The Hall–Kier alpha value is -1.03. The number of benzene rings is 1. The van der Waals surface area contributed by atoms with Crippen LogP contribution in [0.25, 0.3) is 0 Å². The van der Waals surface area contributed by atoms with Crippen LogP contribution in [0.3, 0.4) is 0 Å². The molecule has 0 atom stereocenters. The summed E-state index contributed by atoms with van der Waals surface area (Å²) in [5.74, 6) is 1.61. The summed E-state index contributed by atoms with van der Waals surface area (Å²) in [6, 6.07) is 5.21. The Labute approximate surface area is 124 Å². The molecule has 0 heterocycles. The van der Waals surface area contributed by atoms with Crippen molar-refractivity contribution in [1.29, 1.82) is 0 Å². The van der Waals surface area contributed by atoms with Crippen LogP contribution in [-0.2, 0) is 17.5 Å². The molecule has 0 N–H and O–H groups in total. The zero-order valence-electron chi connectivity index (χ0n) is 12.5. The van der Waals surface area contributed by atoms with Gasteiger partial charge >= 0.3 is 6.18 Å². The lowest BCUT2D eigenvalue weighted by Crippen LogP contribution is -2.14. The van der Waals surface area contributed by atoms with Gasteiger partial charge in [-0.3, -0.25) is 0 Å². The Balaban J connectivity index is 1.67. The molecule has 0 spiro atoms. The predicted molar refractivity (Wildman–Crippen MR) is 76.8 cm³/mol. The van der Waals surface area contributed by atoms with Crippen molar-refractivity contribution in [3.63, 3.8) is 0 Å². The van der Waals surface area contributed by atoms with E-state index in [9.17, 15) is 13.2 Å². The van der Waals surface area contributed by atoms with Crippen molar-refractivity contribution in [2.45, 2.75) is 51.8 Å². The summed E-state index contributed by atoms with van der Waals surface area (Å²) in [6.07, 6.45) is 1.98. The highest BCUT2D eigenvalue weighted by Crippen LogP contribution is 2.31. The first-order chi connectivity index (χ1) is 9.95. The molecule has 0 unspecified atom stereocenters. The molecule has 1 fully saturated rings. The summed E-state index contributed by atoms with van der Waals surface area (Å²) >= 11 is 0. The first kappa shape index (κ1) is 16.3. The maximum Gasteiger partial charge on any atom is 0.416 e. The Morgan fingerprint density at radius 3 is 2.24 bits per heavy atom. The summed E-state index contributed by atoms with van der Waals surface area (Å²) in [4.78, 5) is 0. The second-order valence-corrected chi connectivity index (χ2v) is 6.16. The molecule has 118 valence electrons. The minimum absolute atomic E-state index is 0.390. The fourth-order valence-electron chi connectivity index (χ4n) is 2.85. The number of halogens is 3. The van der Waals surface area contributed by atoms with Gasteiger partial charge < -0.3 is 4.74 Å². The topological polar surface area (TPSA) is 9.23 Å². The molecule has 1 aromatic carbocycles. The second-order valence-electron chi connectivity index (χ2n) is 6.16. The number of hydrogen-bond donors (Lipinski definition) is 0. The molecule has 0 aromatic heterocycles. The molecule has 1 aromatic rings. The Bertz CT molecular complexity index is 417. The summed E-state index contributed by atoms with van der Waals surface area (Å²) in [6.45, 7) is 3.39. The van der Waals surface area contributed by atoms with Crippen LogP contribution in [0.5, 0.6) is 0 Å². The predicted octanol–water partition coefficient (Wildman–Crippen LogP) is 5.44. The molecule has 1 nitrogen and oxygen atoms in total. The molecule has 0 amide bonds. The quantitative estimate of drug-likeness (QED) is 0.658. The summed E-state index contributed by atoms with van der Waals surface area (Å²) in [5, 5.41) is 0. The molecule has 21 heavy (non-hydrogen) atoms. The van der Waals surface area contributed by atoms with E-state index in [0.29, 0.717) is 13.2 Å². The molecule has 4 heteroatoms. The highest BCUT2D eigenvalue weighted by atomic mass is 19.4. The molecule has 1 aliphatic carbocycles. The van der Waals surface area contributed by atoms with E-state index >= 15 is 0 Å². The van der Waals surface area contributed by atoms with E-state index in [1.54, 1.807) is 0 Å². The van der Waals surface area contributed by atoms with Gasteiger partial charge in [0.05, 0.1) is 12.2 Å². The van der Waals surface area contributed by atoms with Gasteiger partial charge in [0.25, 0.3) is 0 Å². The Kier molecular flexibility index (Phi) is 5.68. The molecular weight excluding hydrogens is 277 g/mol. The molecule has 0 saturated heterocycles. The lowest BCUT2D eigenvalue weighted by Gasteiger charge is -2.25. The standard InChI is InChI=1S/C17H23F3O/c1-13-2-4-14(5-3-13)10-11-21-12-15-6-8-16(9-7-15)17(18,19)20/h6-9,13-14H,2-5,10-12H2,1H3. The fourth-order valence-corrected chi connectivity index (χ4v) is 2.85. The Morgan fingerprint density at radius 2 is 1.67 bits per heavy atom. The van der Waals surface area contributed by atoms with Crippen molar-refractivity contribution in [2.75, 3.05) is 6.61 Å². The van der Waals surface area contributed by atoms with E-state index in [2.05, 4.69) is 6.92 Å². The van der Waals surface area contributed by atoms with E-state index in [4.69, 9.17) is 4.74 Å². The van der Waals surface area contributed by atoms with Crippen molar-refractivity contribution in [3.05, 3.63) is 35.4 Å². The van der Waals surface area contributed by atoms with Crippen LogP contribution in [0.1, 0.15) is 50.2 Å². The van der Waals surface area contributed by atoms with Gasteiger partial charge in [0.2, 0.25) is 0 Å². The van der Waals surface area contributed by atoms with E-state index in [1.807, 2.05) is 0 Å². The summed E-state index contributed by atoms with van der Waals surface area (Å²) < 4.78 is 42.9. The smallest absolute Gasteiger partial charge is 0.377 e. The zero-order chi connectivity index (χ0) is 15.3. The molecule has 1 saturated carbocycles. The van der Waals surface area contributed by atoms with E-state index in [0.717, 1.165) is 36.0 Å². The lowest BCUT2D eigenvalue weighted by atomic mass is 9.82. The molecule has 1 aliphatic rings. The maximum absolute atomic E-state index is 12.4. The van der Waals surface area contributed by atoms with Gasteiger partial charge in [-0.2, -0.15) is 13.2 Å². The number of alkyl halides is 3. The van der Waals surface area contributed by atoms with Crippen molar-refractivity contribution < 1.29 is 17.9 Å².